The smallest absolute Gasteiger partial charge is 0.408 e. The number of ether oxygens (including phenoxy) is 1. The van der Waals surface area contributed by atoms with Gasteiger partial charge in [-0.15, -0.1) is 0 Å². The molecule has 170 valence electrons. The summed E-state index contributed by atoms with van der Waals surface area (Å²) in [4.78, 5) is 40.0. The molecule has 3 amide bonds. The van der Waals surface area contributed by atoms with Crippen molar-refractivity contribution in [3.8, 4) is 12.5 Å². The zero-order chi connectivity index (χ0) is 23.8. The van der Waals surface area contributed by atoms with E-state index >= 15 is 0 Å². The van der Waals surface area contributed by atoms with Crippen molar-refractivity contribution >= 4 is 17.9 Å². The average Bonchev–Trinajstić information content (AvgIpc) is 2.67. The van der Waals surface area contributed by atoms with Crippen LogP contribution >= 0.6 is 0 Å². The van der Waals surface area contributed by atoms with Crippen molar-refractivity contribution in [1.82, 2.24) is 15.5 Å². The first-order valence-corrected chi connectivity index (χ1v) is 10.5. The number of terminal acetylenes is 1. The lowest BCUT2D eigenvalue weighted by molar-refractivity contribution is -0.139. The van der Waals surface area contributed by atoms with E-state index in [0.717, 1.165) is 4.90 Å². The fourth-order valence-corrected chi connectivity index (χ4v) is 2.95. The van der Waals surface area contributed by atoms with Crippen molar-refractivity contribution in [1.29, 1.82) is 0 Å². The second-order valence-electron chi connectivity index (χ2n) is 8.82. The van der Waals surface area contributed by atoms with Gasteiger partial charge in [0.15, 0.2) is 0 Å². The molecule has 0 heterocycles. The Balaban J connectivity index is 3.32. The number of rotatable bonds is 8. The average molecular weight is 430 g/mol. The van der Waals surface area contributed by atoms with Crippen molar-refractivity contribution < 1.29 is 19.1 Å². The molecule has 2 N–H and O–H groups in total. The van der Waals surface area contributed by atoms with Crippen LogP contribution in [0.15, 0.2) is 30.3 Å². The first kappa shape index (κ1) is 26.0. The third-order valence-corrected chi connectivity index (χ3v) is 4.58. The molecule has 0 fully saturated rings. The van der Waals surface area contributed by atoms with Crippen LogP contribution in [0.3, 0.4) is 0 Å². The summed E-state index contributed by atoms with van der Waals surface area (Å²) in [5.74, 6) is -1.18. The number of nitrogens with one attached hydrogen (secondary N) is 2. The van der Waals surface area contributed by atoms with Gasteiger partial charge in [0, 0.05) is 12.1 Å². The number of amides is 3. The second kappa shape index (κ2) is 11.4. The lowest BCUT2D eigenvalue weighted by atomic mass is 9.96. The molecule has 7 heteroatoms. The van der Waals surface area contributed by atoms with Gasteiger partial charge < -0.3 is 15.4 Å². The molecule has 0 aliphatic rings. The highest BCUT2D eigenvalue weighted by atomic mass is 16.6. The Bertz CT molecular complexity index is 793. The van der Waals surface area contributed by atoms with Crippen molar-refractivity contribution in [2.24, 2.45) is 5.92 Å². The molecular formula is C24H35N3O4. The number of hydrogen-bond acceptors (Lipinski definition) is 4. The summed E-state index contributed by atoms with van der Waals surface area (Å²) in [5.41, 5.74) is -0.144. The minimum atomic E-state index is -1.03. The van der Waals surface area contributed by atoms with E-state index in [9.17, 15) is 14.4 Å². The van der Waals surface area contributed by atoms with E-state index in [2.05, 4.69) is 16.7 Å². The molecular weight excluding hydrogens is 394 g/mol. The van der Waals surface area contributed by atoms with Gasteiger partial charge in [-0.2, -0.15) is 0 Å². The zero-order valence-corrected chi connectivity index (χ0v) is 19.6. The molecule has 0 saturated heterocycles. The molecule has 1 aromatic rings. The summed E-state index contributed by atoms with van der Waals surface area (Å²) in [6.07, 6.45) is 5.62. The van der Waals surface area contributed by atoms with Gasteiger partial charge in [-0.3, -0.25) is 14.5 Å². The van der Waals surface area contributed by atoms with Crippen LogP contribution in [0.2, 0.25) is 0 Å². The SMILES string of the molecule is C#CN(C(=O)C(NC(=O)OC(C)(C)C)C(C)CC)C(C(=O)NC(C)C)c1ccccc1. The Morgan fingerprint density at radius 3 is 2.13 bits per heavy atom. The van der Waals surface area contributed by atoms with Crippen molar-refractivity contribution in [3.05, 3.63) is 35.9 Å². The Morgan fingerprint density at radius 2 is 1.68 bits per heavy atom. The number of benzene rings is 1. The molecule has 1 aromatic carbocycles. The molecule has 0 spiro atoms. The predicted molar refractivity (Wildman–Crippen MR) is 121 cm³/mol. The van der Waals surface area contributed by atoms with Gasteiger partial charge in [0.1, 0.15) is 17.7 Å². The maximum Gasteiger partial charge on any atom is 0.408 e. The molecule has 31 heavy (non-hydrogen) atoms. The summed E-state index contributed by atoms with van der Waals surface area (Å²) >= 11 is 0. The lowest BCUT2D eigenvalue weighted by Crippen LogP contribution is -2.54. The summed E-state index contributed by atoms with van der Waals surface area (Å²) in [6, 6.07) is 9.08. The topological polar surface area (TPSA) is 87.7 Å². The van der Waals surface area contributed by atoms with E-state index in [1.54, 1.807) is 45.0 Å². The van der Waals surface area contributed by atoms with E-state index in [4.69, 9.17) is 11.2 Å². The van der Waals surface area contributed by atoms with Crippen molar-refractivity contribution in [2.75, 3.05) is 0 Å². The fraction of sp³-hybridized carbons (Fsp3) is 0.542. The van der Waals surface area contributed by atoms with Gasteiger partial charge >= 0.3 is 6.09 Å². The van der Waals surface area contributed by atoms with E-state index in [0.29, 0.717) is 12.0 Å². The first-order chi connectivity index (χ1) is 14.4. The molecule has 0 aromatic heterocycles. The maximum atomic E-state index is 13.5. The van der Waals surface area contributed by atoms with Crippen LogP contribution in [0.4, 0.5) is 4.79 Å². The van der Waals surface area contributed by atoms with Crippen molar-refractivity contribution in [2.45, 2.75) is 78.6 Å². The lowest BCUT2D eigenvalue weighted by Gasteiger charge is -2.32. The monoisotopic (exact) mass is 429 g/mol. The highest BCUT2D eigenvalue weighted by molar-refractivity contribution is 5.93. The van der Waals surface area contributed by atoms with Gasteiger partial charge in [0.25, 0.3) is 5.91 Å². The molecule has 0 saturated carbocycles. The number of carbonyl (C=O) groups is 3. The van der Waals surface area contributed by atoms with Gasteiger partial charge in [-0.05, 0) is 46.1 Å². The molecule has 3 atom stereocenters. The molecule has 7 nitrogen and oxygen atoms in total. The van der Waals surface area contributed by atoms with E-state index in [-0.39, 0.29) is 12.0 Å². The number of nitrogens with zero attached hydrogens (tertiary/aromatic N) is 1. The molecule has 1 rings (SSSR count). The van der Waals surface area contributed by atoms with Crippen LogP contribution < -0.4 is 10.6 Å². The van der Waals surface area contributed by atoms with Crippen LogP contribution in [0.25, 0.3) is 0 Å². The Hall–Kier alpha value is -3.01. The zero-order valence-electron chi connectivity index (χ0n) is 19.6. The highest BCUT2D eigenvalue weighted by Crippen LogP contribution is 2.24. The summed E-state index contributed by atoms with van der Waals surface area (Å²) in [6.45, 7) is 12.6. The Labute approximate surface area is 185 Å². The maximum absolute atomic E-state index is 13.5. The normalized spacial score (nSPS) is 14.0. The van der Waals surface area contributed by atoms with Crippen LogP contribution in [-0.2, 0) is 14.3 Å². The Kier molecular flexibility index (Phi) is 9.57. The predicted octanol–water partition coefficient (Wildman–Crippen LogP) is 3.61. The largest absolute Gasteiger partial charge is 0.444 e. The third kappa shape index (κ3) is 7.97. The van der Waals surface area contributed by atoms with E-state index in [1.807, 2.05) is 33.8 Å². The van der Waals surface area contributed by atoms with Gasteiger partial charge in [0.05, 0.1) is 0 Å². The molecule has 0 aliphatic heterocycles. The summed E-state index contributed by atoms with van der Waals surface area (Å²) in [5, 5.41) is 5.47. The van der Waals surface area contributed by atoms with E-state index < -0.39 is 35.6 Å². The molecule has 0 radical (unpaired) electrons. The van der Waals surface area contributed by atoms with Gasteiger partial charge in [-0.1, -0.05) is 57.0 Å². The van der Waals surface area contributed by atoms with Gasteiger partial charge in [-0.25, -0.2) is 4.79 Å². The number of carbonyl (C=O) groups excluding carboxylic acids is 3. The standard InChI is InChI=1S/C24H35N3O4/c1-9-17(5)19(26-23(30)31-24(6,7)8)22(29)27(10-2)20(21(28)25-16(3)4)18-14-12-11-13-15-18/h2,11-17,19-20H,9H2,1,3-8H3,(H,25,28)(H,26,30). The van der Waals surface area contributed by atoms with Crippen LogP contribution in [0.1, 0.15) is 66.5 Å². The first-order valence-electron chi connectivity index (χ1n) is 10.5. The van der Waals surface area contributed by atoms with Crippen LogP contribution in [-0.4, -0.2) is 40.5 Å². The minimum absolute atomic E-state index is 0.140. The third-order valence-electron chi connectivity index (χ3n) is 4.58. The second-order valence-corrected chi connectivity index (χ2v) is 8.82. The van der Waals surface area contributed by atoms with E-state index in [1.165, 1.54) is 0 Å². The molecule has 0 aliphatic carbocycles. The van der Waals surface area contributed by atoms with Crippen molar-refractivity contribution in [3.63, 3.8) is 0 Å². The number of hydrogen-bond donors (Lipinski definition) is 2. The van der Waals surface area contributed by atoms with Crippen LogP contribution in [0, 0.1) is 18.4 Å². The minimum Gasteiger partial charge on any atom is -0.444 e. The fourth-order valence-electron chi connectivity index (χ4n) is 2.95. The molecule has 3 unspecified atom stereocenters. The summed E-state index contributed by atoms with van der Waals surface area (Å²) in [7, 11) is 0. The Morgan fingerprint density at radius 1 is 1.10 bits per heavy atom. The highest BCUT2D eigenvalue weighted by Gasteiger charge is 2.37. The number of alkyl carbamates (subject to hydrolysis) is 1. The summed E-state index contributed by atoms with van der Waals surface area (Å²) < 4.78 is 5.32. The quantitative estimate of drug-likeness (QED) is 0.488. The van der Waals surface area contributed by atoms with Gasteiger partial charge in [0.2, 0.25) is 5.91 Å². The van der Waals surface area contributed by atoms with Crippen LogP contribution in [0.5, 0.6) is 0 Å². The molecule has 0 bridgehead atoms.